The minimum Gasteiger partial charge on any atom is -0.382 e. The number of hydrogen-bond acceptors (Lipinski definition) is 9. The summed E-state index contributed by atoms with van der Waals surface area (Å²) in [4.78, 5) is 42.5. The second kappa shape index (κ2) is 8.87. The topological polar surface area (TPSA) is 196 Å². The van der Waals surface area contributed by atoms with Crippen LogP contribution in [0.5, 0.6) is 0 Å². The molecule has 13 nitrogen and oxygen atoms in total. The molecule has 1 aromatic carbocycles. The van der Waals surface area contributed by atoms with Crippen molar-refractivity contribution in [2.75, 3.05) is 23.4 Å². The zero-order chi connectivity index (χ0) is 25.5. The molecular formula is C19H17F2N8O5P. The van der Waals surface area contributed by atoms with Gasteiger partial charge in [-0.3, -0.25) is 14.7 Å². The molecule has 0 aliphatic heterocycles. The van der Waals surface area contributed by atoms with E-state index in [1.165, 1.54) is 16.8 Å². The highest BCUT2D eigenvalue weighted by Crippen LogP contribution is 2.38. The van der Waals surface area contributed by atoms with Crippen LogP contribution in [-0.4, -0.2) is 47.7 Å². The lowest BCUT2D eigenvalue weighted by molar-refractivity contribution is 0.184. The van der Waals surface area contributed by atoms with Crippen LogP contribution >= 0.6 is 7.82 Å². The highest BCUT2D eigenvalue weighted by atomic mass is 31.2. The number of halogens is 2. The number of benzene rings is 1. The normalized spacial score (nSPS) is 11.6. The Bertz CT molecular complexity index is 1490. The van der Waals surface area contributed by atoms with Gasteiger partial charge in [0.15, 0.2) is 23.1 Å². The summed E-state index contributed by atoms with van der Waals surface area (Å²) in [5, 5.41) is 4.54. The molecule has 0 fully saturated rings. The molecule has 3 aromatic heterocycles. The van der Waals surface area contributed by atoms with E-state index >= 15 is 0 Å². The number of hydrogen-bond donors (Lipinski definition) is 4. The van der Waals surface area contributed by atoms with Crippen molar-refractivity contribution in [3.05, 3.63) is 53.7 Å². The molecule has 0 aliphatic carbocycles. The van der Waals surface area contributed by atoms with E-state index in [1.54, 1.807) is 12.1 Å². The van der Waals surface area contributed by atoms with E-state index in [2.05, 4.69) is 24.6 Å². The number of nitrogens with two attached hydrogens (primary N) is 2. The molecule has 3 heterocycles. The first-order chi connectivity index (χ1) is 16.4. The van der Waals surface area contributed by atoms with Crippen LogP contribution in [0.1, 0.15) is 5.56 Å². The number of nitrogen functional groups attached to an aromatic ring is 2. The van der Waals surface area contributed by atoms with Gasteiger partial charge in [0.05, 0.1) is 18.1 Å². The maximum atomic E-state index is 14.2. The molecule has 35 heavy (non-hydrogen) atoms. The number of phosphoric acid groups is 1. The monoisotopic (exact) mass is 506 g/mol. The number of anilines is 3. The van der Waals surface area contributed by atoms with Crippen LogP contribution in [0.3, 0.4) is 0 Å². The number of pyridine rings is 1. The lowest BCUT2D eigenvalue weighted by Crippen LogP contribution is -2.28. The number of nitrogens with zero attached hydrogens (tertiary/aromatic N) is 6. The Labute approximate surface area is 195 Å². The first-order valence-electron chi connectivity index (χ1n) is 9.66. The first-order valence-corrected chi connectivity index (χ1v) is 11.2. The Hall–Kier alpha value is -4.20. The van der Waals surface area contributed by atoms with E-state index in [9.17, 15) is 18.1 Å². The van der Waals surface area contributed by atoms with Gasteiger partial charge in [-0.15, -0.1) is 0 Å². The predicted molar refractivity (Wildman–Crippen MR) is 120 cm³/mol. The van der Waals surface area contributed by atoms with Gasteiger partial charge >= 0.3 is 13.9 Å². The summed E-state index contributed by atoms with van der Waals surface area (Å²) < 4.78 is 44.5. The number of amides is 1. The molecule has 0 atom stereocenters. The minimum absolute atomic E-state index is 0.0220. The third-order valence-corrected chi connectivity index (χ3v) is 5.18. The molecule has 0 unspecified atom stereocenters. The quantitative estimate of drug-likeness (QED) is 0.289. The summed E-state index contributed by atoms with van der Waals surface area (Å²) in [6.07, 6.45) is -0.487. The van der Waals surface area contributed by atoms with Crippen LogP contribution in [0.4, 0.5) is 30.9 Å². The average molecular weight is 506 g/mol. The highest BCUT2D eigenvalue weighted by molar-refractivity contribution is 7.46. The largest absolute Gasteiger partial charge is 0.528 e. The summed E-state index contributed by atoms with van der Waals surface area (Å²) in [6.45, 7) is -0.0399. The van der Waals surface area contributed by atoms with Crippen molar-refractivity contribution < 1.29 is 32.5 Å². The van der Waals surface area contributed by atoms with Gasteiger partial charge in [-0.1, -0.05) is 18.2 Å². The number of carbonyl (C=O) groups is 1. The summed E-state index contributed by atoms with van der Waals surface area (Å²) in [7, 11) is -4.06. The molecule has 1 amide bonds. The molecule has 0 saturated heterocycles. The van der Waals surface area contributed by atoms with Gasteiger partial charge in [0.25, 0.3) is 0 Å². The van der Waals surface area contributed by atoms with Crippen molar-refractivity contribution in [1.29, 1.82) is 0 Å². The van der Waals surface area contributed by atoms with Crippen LogP contribution in [-0.2, 0) is 15.6 Å². The maximum Gasteiger partial charge on any atom is 0.528 e. The molecule has 4 aromatic rings. The molecule has 4 rings (SSSR count). The minimum atomic E-state index is -5.14. The van der Waals surface area contributed by atoms with E-state index in [1.807, 2.05) is 0 Å². The zero-order valence-corrected chi connectivity index (χ0v) is 18.7. The van der Waals surface area contributed by atoms with Gasteiger partial charge in [-0.2, -0.15) is 5.10 Å². The fourth-order valence-corrected chi connectivity index (χ4v) is 3.62. The van der Waals surface area contributed by atoms with Crippen molar-refractivity contribution in [3.8, 4) is 11.5 Å². The first kappa shape index (κ1) is 23.9. The average Bonchev–Trinajstić information content (AvgIpc) is 3.11. The van der Waals surface area contributed by atoms with Gasteiger partial charge in [0, 0.05) is 12.6 Å². The highest BCUT2D eigenvalue weighted by Gasteiger charge is 2.28. The molecule has 0 saturated carbocycles. The Morgan fingerprint density at radius 1 is 1.20 bits per heavy atom. The molecule has 182 valence electrons. The fourth-order valence-electron chi connectivity index (χ4n) is 3.29. The van der Waals surface area contributed by atoms with Crippen LogP contribution in [0.15, 0.2) is 36.5 Å². The second-order valence-corrected chi connectivity index (χ2v) is 8.36. The summed E-state index contributed by atoms with van der Waals surface area (Å²) in [5.41, 5.74) is 12.1. The number of carbonyl (C=O) groups excluding carboxylic acids is 1. The summed E-state index contributed by atoms with van der Waals surface area (Å²) in [6, 6.07) is 7.16. The Morgan fingerprint density at radius 2 is 1.86 bits per heavy atom. The van der Waals surface area contributed by atoms with Crippen LogP contribution in [0, 0.1) is 11.6 Å². The second-order valence-electron chi connectivity index (χ2n) is 7.20. The van der Waals surface area contributed by atoms with Gasteiger partial charge < -0.3 is 16.0 Å². The lowest BCUT2D eigenvalue weighted by atomic mass is 10.2. The van der Waals surface area contributed by atoms with E-state index in [4.69, 9.17) is 21.3 Å². The lowest BCUT2D eigenvalue weighted by Gasteiger charge is -2.19. The molecule has 16 heteroatoms. The number of rotatable bonds is 5. The predicted octanol–water partition coefficient (Wildman–Crippen LogP) is 2.04. The van der Waals surface area contributed by atoms with Crippen molar-refractivity contribution in [2.45, 2.75) is 6.54 Å². The van der Waals surface area contributed by atoms with E-state index in [-0.39, 0.29) is 46.4 Å². The van der Waals surface area contributed by atoms with Gasteiger partial charge in [-0.05, 0) is 12.1 Å². The van der Waals surface area contributed by atoms with Crippen LogP contribution in [0.25, 0.3) is 22.6 Å². The third kappa shape index (κ3) is 4.87. The van der Waals surface area contributed by atoms with Gasteiger partial charge in [-0.25, -0.2) is 37.8 Å². The smallest absolute Gasteiger partial charge is 0.382 e. The fraction of sp³-hybridized carbons (Fsp3) is 0.105. The van der Waals surface area contributed by atoms with Crippen LogP contribution < -0.4 is 16.4 Å². The third-order valence-electron chi connectivity index (χ3n) is 4.79. The number of aromatic nitrogens is 5. The Morgan fingerprint density at radius 3 is 2.49 bits per heavy atom. The van der Waals surface area contributed by atoms with Gasteiger partial charge in [0.1, 0.15) is 23.0 Å². The van der Waals surface area contributed by atoms with E-state index < -0.39 is 25.6 Å². The number of fused-ring (bicyclic) bond motifs is 1. The SMILES string of the molecule is CN(C(=O)OP(=O)(O)O)c1c(N)nc(-c2nn(Cc3ccccc3F)c3ncc(F)cc23)nc1N. The molecule has 0 radical (unpaired) electrons. The molecule has 0 spiro atoms. The number of phosphoric ester groups is 1. The van der Waals surface area contributed by atoms with Crippen LogP contribution in [0.2, 0.25) is 0 Å². The zero-order valence-electron chi connectivity index (χ0n) is 17.8. The van der Waals surface area contributed by atoms with Gasteiger partial charge in [0.2, 0.25) is 0 Å². The molecule has 0 bridgehead atoms. The van der Waals surface area contributed by atoms with E-state index in [0.717, 1.165) is 19.3 Å². The van der Waals surface area contributed by atoms with Crippen molar-refractivity contribution in [3.63, 3.8) is 0 Å². The summed E-state index contributed by atoms with van der Waals surface area (Å²) in [5.74, 6) is -2.04. The van der Waals surface area contributed by atoms with Crippen molar-refractivity contribution in [2.24, 2.45) is 0 Å². The van der Waals surface area contributed by atoms with Crippen molar-refractivity contribution in [1.82, 2.24) is 24.7 Å². The molecule has 0 aliphatic rings. The Kier molecular flexibility index (Phi) is 6.06. The standard InChI is InChI=1S/C19H17F2N8O5P/c1-28(19(30)34-35(31,32)33)14-15(22)25-17(26-16(14)23)13-11-6-10(20)7-24-18(11)29(27-13)8-9-4-2-3-5-12(9)21/h2-7H,8H2,1H3,(H2,31,32,33)(H4,22,23,25,26). The van der Waals surface area contributed by atoms with E-state index in [0.29, 0.717) is 10.5 Å². The maximum absolute atomic E-state index is 14.2. The van der Waals surface area contributed by atoms with Crippen molar-refractivity contribution >= 4 is 42.3 Å². The summed E-state index contributed by atoms with van der Waals surface area (Å²) >= 11 is 0. The molecule has 6 N–H and O–H groups in total. The Balaban J connectivity index is 1.79. The molecular weight excluding hydrogens is 489 g/mol.